The summed E-state index contributed by atoms with van der Waals surface area (Å²) < 4.78 is 12.6. The zero-order valence-electron chi connectivity index (χ0n) is 22.0. The van der Waals surface area contributed by atoms with Crippen molar-refractivity contribution in [3.63, 3.8) is 0 Å². The minimum absolute atomic E-state index is 0.0526. The number of fused-ring (bicyclic) bond motifs is 1. The summed E-state index contributed by atoms with van der Waals surface area (Å²) in [6.45, 7) is 8.83. The summed E-state index contributed by atoms with van der Waals surface area (Å²) in [5, 5.41) is 10.4. The number of thiocarbonyl (C=S) groups is 1. The van der Waals surface area contributed by atoms with Crippen molar-refractivity contribution in [3.05, 3.63) is 92.9 Å². The molecule has 1 amide bonds. The fourth-order valence-corrected chi connectivity index (χ4v) is 6.08. The van der Waals surface area contributed by atoms with E-state index in [1.165, 1.54) is 11.8 Å². The Labute approximate surface area is 233 Å². The van der Waals surface area contributed by atoms with Crippen molar-refractivity contribution in [1.82, 2.24) is 4.90 Å². The van der Waals surface area contributed by atoms with Crippen molar-refractivity contribution < 1.29 is 19.4 Å². The fourth-order valence-electron chi connectivity index (χ4n) is 4.85. The molecule has 196 valence electrons. The zero-order valence-corrected chi connectivity index (χ0v) is 23.7. The summed E-state index contributed by atoms with van der Waals surface area (Å²) in [5.41, 5.74) is 5.36. The third-order valence-corrected chi connectivity index (χ3v) is 8.87. The van der Waals surface area contributed by atoms with E-state index in [0.717, 1.165) is 62.6 Å². The first-order valence-electron chi connectivity index (χ1n) is 12.7. The van der Waals surface area contributed by atoms with Crippen molar-refractivity contribution in [2.45, 2.75) is 52.7 Å². The molecule has 3 aromatic rings. The molecule has 0 aliphatic carbocycles. The van der Waals surface area contributed by atoms with Gasteiger partial charge in [0.2, 0.25) is 0 Å². The maximum atomic E-state index is 12.6. The van der Waals surface area contributed by atoms with Gasteiger partial charge in [-0.2, -0.15) is 0 Å². The Morgan fingerprint density at radius 1 is 1.08 bits per heavy atom. The number of rotatable bonds is 6. The molecule has 1 fully saturated rings. The number of amides is 1. The number of benzene rings is 3. The standard InChI is InChI=1S/C31H31NO4S2/c1-19-20(2)28-25(21(3)27(19)33)14-15-31(4,36-28)18-35-24-12-10-22(11-13-24)16-26-29(37)32(30(34)38-26)17-23-8-6-5-7-9-23/h5-13,16,33H,14-15,17-18H2,1-4H3/b26-16-. The van der Waals surface area contributed by atoms with E-state index in [1.807, 2.05) is 81.4 Å². The molecule has 2 heterocycles. The Balaban J connectivity index is 1.23. The number of carbonyl (C=O) groups is 1. The molecule has 0 saturated carbocycles. The number of hydrogen-bond donors (Lipinski definition) is 1. The lowest BCUT2D eigenvalue weighted by molar-refractivity contribution is 0.0166. The van der Waals surface area contributed by atoms with Crippen LogP contribution in [0, 0.1) is 20.8 Å². The van der Waals surface area contributed by atoms with Crippen LogP contribution in [0.15, 0.2) is 59.5 Å². The third kappa shape index (κ3) is 5.18. The highest BCUT2D eigenvalue weighted by Crippen LogP contribution is 2.43. The molecule has 1 atom stereocenters. The molecule has 2 aliphatic rings. The van der Waals surface area contributed by atoms with E-state index in [2.05, 4.69) is 6.92 Å². The van der Waals surface area contributed by atoms with E-state index in [0.29, 0.717) is 23.9 Å². The van der Waals surface area contributed by atoms with Crippen LogP contribution in [0.25, 0.3) is 6.08 Å². The second-order valence-electron chi connectivity index (χ2n) is 10.2. The van der Waals surface area contributed by atoms with Crippen LogP contribution < -0.4 is 9.47 Å². The molecule has 2 aliphatic heterocycles. The predicted octanol–water partition coefficient (Wildman–Crippen LogP) is 7.52. The number of phenolic OH excluding ortho intramolecular Hbond substituents is 1. The van der Waals surface area contributed by atoms with Gasteiger partial charge in [0.25, 0.3) is 5.24 Å². The van der Waals surface area contributed by atoms with Gasteiger partial charge < -0.3 is 14.6 Å². The molecule has 1 unspecified atom stereocenters. The summed E-state index contributed by atoms with van der Waals surface area (Å²) in [6.07, 6.45) is 3.58. The number of hydrogen-bond acceptors (Lipinski definition) is 6. The molecule has 0 aromatic heterocycles. The number of ether oxygens (including phenoxy) is 2. The van der Waals surface area contributed by atoms with Crippen LogP contribution >= 0.6 is 24.0 Å². The van der Waals surface area contributed by atoms with E-state index in [-0.39, 0.29) is 5.24 Å². The smallest absolute Gasteiger partial charge is 0.291 e. The third-order valence-electron chi connectivity index (χ3n) is 7.37. The van der Waals surface area contributed by atoms with Crippen molar-refractivity contribution in [1.29, 1.82) is 0 Å². The van der Waals surface area contributed by atoms with Gasteiger partial charge in [-0.3, -0.25) is 9.69 Å². The van der Waals surface area contributed by atoms with Crippen LogP contribution in [-0.2, 0) is 13.0 Å². The van der Waals surface area contributed by atoms with E-state index < -0.39 is 5.60 Å². The SMILES string of the molecule is Cc1c(C)c2c(c(C)c1O)CCC(C)(COc1ccc(/C=C3\SC(=O)N(Cc4ccccc4)C3=S)cc1)O2. The van der Waals surface area contributed by atoms with Gasteiger partial charge in [-0.1, -0.05) is 54.7 Å². The molecule has 0 spiro atoms. The van der Waals surface area contributed by atoms with E-state index in [1.54, 1.807) is 4.90 Å². The lowest BCUT2D eigenvalue weighted by Crippen LogP contribution is -2.42. The molecule has 1 N–H and O–H groups in total. The van der Waals surface area contributed by atoms with Gasteiger partial charge in [-0.05, 0) is 98.3 Å². The lowest BCUT2D eigenvalue weighted by Gasteiger charge is -2.37. The second kappa shape index (κ2) is 10.5. The molecular formula is C31H31NO4S2. The molecule has 38 heavy (non-hydrogen) atoms. The van der Waals surface area contributed by atoms with Gasteiger partial charge >= 0.3 is 0 Å². The molecule has 0 bridgehead atoms. The number of aromatic hydroxyl groups is 1. The minimum atomic E-state index is -0.469. The van der Waals surface area contributed by atoms with Gasteiger partial charge in [-0.25, -0.2) is 0 Å². The monoisotopic (exact) mass is 545 g/mol. The minimum Gasteiger partial charge on any atom is -0.507 e. The molecule has 1 saturated heterocycles. The highest BCUT2D eigenvalue weighted by molar-refractivity contribution is 8.19. The molecule has 5 nitrogen and oxygen atoms in total. The normalized spacial score (nSPS) is 20.0. The Bertz CT molecular complexity index is 1430. The molecule has 3 aromatic carbocycles. The van der Waals surface area contributed by atoms with Crippen LogP contribution in [0.2, 0.25) is 0 Å². The summed E-state index contributed by atoms with van der Waals surface area (Å²) in [5.74, 6) is 1.99. The Hall–Kier alpha value is -3.29. The molecular weight excluding hydrogens is 514 g/mol. The predicted molar refractivity (Wildman–Crippen MR) is 157 cm³/mol. The van der Waals surface area contributed by atoms with Crippen LogP contribution in [-0.4, -0.2) is 32.4 Å². The van der Waals surface area contributed by atoms with Crippen molar-refractivity contribution >= 4 is 40.3 Å². The lowest BCUT2D eigenvalue weighted by atomic mass is 9.87. The van der Waals surface area contributed by atoms with Crippen LogP contribution in [0.1, 0.15) is 46.7 Å². The second-order valence-corrected chi connectivity index (χ2v) is 11.6. The number of thioether (sulfide) groups is 1. The highest BCUT2D eigenvalue weighted by atomic mass is 32.2. The first-order valence-corrected chi connectivity index (χ1v) is 13.9. The Kier molecular flexibility index (Phi) is 7.25. The Morgan fingerprint density at radius 3 is 2.50 bits per heavy atom. The summed E-state index contributed by atoms with van der Waals surface area (Å²) >= 11 is 6.78. The highest BCUT2D eigenvalue weighted by Gasteiger charge is 2.35. The molecule has 5 rings (SSSR count). The van der Waals surface area contributed by atoms with E-state index in [4.69, 9.17) is 21.7 Å². The summed E-state index contributed by atoms with van der Waals surface area (Å²) in [4.78, 5) is 15.6. The van der Waals surface area contributed by atoms with Gasteiger partial charge in [0, 0.05) is 5.56 Å². The van der Waals surface area contributed by atoms with Crippen LogP contribution in [0.5, 0.6) is 17.2 Å². The van der Waals surface area contributed by atoms with Gasteiger partial charge in [0.1, 0.15) is 34.4 Å². The maximum absolute atomic E-state index is 12.6. The number of phenols is 1. The maximum Gasteiger partial charge on any atom is 0.291 e. The van der Waals surface area contributed by atoms with Crippen molar-refractivity contribution in [2.75, 3.05) is 6.61 Å². The van der Waals surface area contributed by atoms with Crippen LogP contribution in [0.4, 0.5) is 4.79 Å². The van der Waals surface area contributed by atoms with Crippen LogP contribution in [0.3, 0.4) is 0 Å². The number of nitrogens with zero attached hydrogens (tertiary/aromatic N) is 1. The first-order chi connectivity index (χ1) is 18.1. The van der Waals surface area contributed by atoms with Crippen molar-refractivity contribution in [3.8, 4) is 17.2 Å². The summed E-state index contributed by atoms with van der Waals surface area (Å²) in [6, 6.07) is 17.6. The van der Waals surface area contributed by atoms with Gasteiger partial charge in [-0.15, -0.1) is 0 Å². The number of carbonyl (C=O) groups excluding carboxylic acids is 1. The topological polar surface area (TPSA) is 59.0 Å². The average Bonchev–Trinajstić information content (AvgIpc) is 3.18. The van der Waals surface area contributed by atoms with Crippen molar-refractivity contribution in [2.24, 2.45) is 0 Å². The van der Waals surface area contributed by atoms with E-state index >= 15 is 0 Å². The van der Waals surface area contributed by atoms with Gasteiger partial charge in [0.15, 0.2) is 0 Å². The average molecular weight is 546 g/mol. The Morgan fingerprint density at radius 2 is 1.79 bits per heavy atom. The first kappa shape index (κ1) is 26.3. The quantitative estimate of drug-likeness (QED) is 0.255. The van der Waals surface area contributed by atoms with Gasteiger partial charge in [0.05, 0.1) is 11.4 Å². The molecule has 7 heteroatoms. The molecule has 0 radical (unpaired) electrons. The fraction of sp³-hybridized carbons (Fsp3) is 0.290. The largest absolute Gasteiger partial charge is 0.507 e. The van der Waals surface area contributed by atoms with E-state index in [9.17, 15) is 9.90 Å². The zero-order chi connectivity index (χ0) is 27.0. The summed E-state index contributed by atoms with van der Waals surface area (Å²) in [7, 11) is 0.